The molecule has 1 aliphatic heterocycles. The van der Waals surface area contributed by atoms with Crippen molar-refractivity contribution in [3.63, 3.8) is 0 Å². The zero-order valence-electron chi connectivity index (χ0n) is 15.1. The summed E-state index contributed by atoms with van der Waals surface area (Å²) < 4.78 is 38.4. The van der Waals surface area contributed by atoms with Crippen molar-refractivity contribution in [2.75, 3.05) is 36.5 Å². The van der Waals surface area contributed by atoms with Gasteiger partial charge in [0, 0.05) is 29.7 Å². The minimum absolute atomic E-state index is 0.123. The van der Waals surface area contributed by atoms with Gasteiger partial charge in [-0.25, -0.2) is 8.78 Å². The Balaban J connectivity index is 1.75. The number of anilines is 2. The number of rotatable bonds is 4. The van der Waals surface area contributed by atoms with E-state index in [1.54, 1.807) is 24.3 Å². The lowest BCUT2D eigenvalue weighted by Gasteiger charge is -2.26. The lowest BCUT2D eigenvalue weighted by Crippen LogP contribution is -2.37. The Labute approximate surface area is 170 Å². The van der Waals surface area contributed by atoms with Gasteiger partial charge in [-0.05, 0) is 24.3 Å². The Hall–Kier alpha value is -2.97. The van der Waals surface area contributed by atoms with Crippen molar-refractivity contribution in [2.45, 2.75) is 0 Å². The van der Waals surface area contributed by atoms with Crippen LogP contribution in [0.1, 0.15) is 10.4 Å². The lowest BCUT2D eigenvalue weighted by atomic mass is 10.1. The van der Waals surface area contributed by atoms with Crippen LogP contribution in [0.4, 0.5) is 20.4 Å². The first-order valence-corrected chi connectivity index (χ1v) is 9.25. The van der Waals surface area contributed by atoms with Crippen LogP contribution in [-0.4, -0.2) is 37.4 Å². The van der Waals surface area contributed by atoms with Gasteiger partial charge in [-0.2, -0.15) is 0 Å². The Morgan fingerprint density at radius 3 is 2.55 bits per heavy atom. The van der Waals surface area contributed by atoms with Crippen molar-refractivity contribution in [1.82, 2.24) is 5.16 Å². The molecule has 1 N–H and O–H groups in total. The summed E-state index contributed by atoms with van der Waals surface area (Å²) in [7, 11) is 0. The summed E-state index contributed by atoms with van der Waals surface area (Å²) in [6, 6.07) is 9.55. The van der Waals surface area contributed by atoms with Crippen molar-refractivity contribution >= 4 is 29.1 Å². The Bertz CT molecular complexity index is 1030. The molecule has 0 spiro atoms. The van der Waals surface area contributed by atoms with Gasteiger partial charge in [-0.1, -0.05) is 28.9 Å². The van der Waals surface area contributed by atoms with Gasteiger partial charge in [-0.15, -0.1) is 0 Å². The second-order valence-corrected chi connectivity index (χ2v) is 6.83. The zero-order chi connectivity index (χ0) is 20.4. The second kappa shape index (κ2) is 8.18. The van der Waals surface area contributed by atoms with Gasteiger partial charge in [0.1, 0.15) is 22.9 Å². The van der Waals surface area contributed by atoms with E-state index in [0.29, 0.717) is 36.9 Å². The quantitative estimate of drug-likeness (QED) is 0.680. The first kappa shape index (κ1) is 19.4. The van der Waals surface area contributed by atoms with E-state index in [-0.39, 0.29) is 22.8 Å². The molecule has 150 valence electrons. The van der Waals surface area contributed by atoms with Crippen molar-refractivity contribution < 1.29 is 22.8 Å². The standard InChI is InChI=1S/C20H16ClF2N3O3/c21-13-3-1-12(2-4-13)18-17(20(29-25-18)26-7-9-28-10-8-26)19(27)24-16-11-14(22)5-6-15(16)23/h1-6,11H,7-10H2,(H,24,27). The summed E-state index contributed by atoms with van der Waals surface area (Å²) >= 11 is 5.95. The van der Waals surface area contributed by atoms with Crippen LogP contribution in [0.15, 0.2) is 47.0 Å². The molecule has 6 nitrogen and oxygen atoms in total. The molecule has 0 radical (unpaired) electrons. The van der Waals surface area contributed by atoms with Crippen molar-refractivity contribution in [3.8, 4) is 11.3 Å². The molecule has 9 heteroatoms. The van der Waals surface area contributed by atoms with E-state index in [1.165, 1.54) is 0 Å². The van der Waals surface area contributed by atoms with E-state index in [2.05, 4.69) is 10.5 Å². The lowest BCUT2D eigenvalue weighted by molar-refractivity contribution is 0.102. The number of halogens is 3. The van der Waals surface area contributed by atoms with Crippen LogP contribution in [0.25, 0.3) is 11.3 Å². The maximum atomic E-state index is 14.0. The van der Waals surface area contributed by atoms with Crippen LogP contribution < -0.4 is 10.2 Å². The van der Waals surface area contributed by atoms with Gasteiger partial charge in [0.2, 0.25) is 5.88 Å². The van der Waals surface area contributed by atoms with Crippen LogP contribution >= 0.6 is 11.6 Å². The number of carbonyl (C=O) groups is 1. The van der Waals surface area contributed by atoms with Gasteiger partial charge < -0.3 is 19.5 Å². The van der Waals surface area contributed by atoms with Crippen LogP contribution in [0, 0.1) is 11.6 Å². The molecule has 1 saturated heterocycles. The molecule has 1 amide bonds. The van der Waals surface area contributed by atoms with E-state index < -0.39 is 17.5 Å². The van der Waals surface area contributed by atoms with Gasteiger partial charge in [-0.3, -0.25) is 4.79 Å². The summed E-state index contributed by atoms with van der Waals surface area (Å²) in [6.07, 6.45) is 0. The fourth-order valence-electron chi connectivity index (χ4n) is 3.05. The minimum Gasteiger partial charge on any atom is -0.378 e. The van der Waals surface area contributed by atoms with Gasteiger partial charge >= 0.3 is 0 Å². The van der Waals surface area contributed by atoms with Crippen LogP contribution in [0.2, 0.25) is 5.02 Å². The highest BCUT2D eigenvalue weighted by molar-refractivity contribution is 6.30. The number of amides is 1. The predicted molar refractivity (Wildman–Crippen MR) is 104 cm³/mol. The molecule has 1 aliphatic rings. The Morgan fingerprint density at radius 1 is 1.10 bits per heavy atom. The smallest absolute Gasteiger partial charge is 0.263 e. The third-order valence-electron chi connectivity index (χ3n) is 4.49. The van der Waals surface area contributed by atoms with E-state index in [1.807, 2.05) is 4.90 Å². The molecule has 0 atom stereocenters. The first-order chi connectivity index (χ1) is 14.0. The number of nitrogens with one attached hydrogen (secondary N) is 1. The molecule has 1 aromatic heterocycles. The predicted octanol–water partition coefficient (Wildman–Crippen LogP) is 4.36. The Kier molecular flexibility index (Phi) is 5.46. The third kappa shape index (κ3) is 4.08. The monoisotopic (exact) mass is 419 g/mol. The van der Waals surface area contributed by atoms with Crippen LogP contribution in [0.3, 0.4) is 0 Å². The van der Waals surface area contributed by atoms with Crippen LogP contribution in [0.5, 0.6) is 0 Å². The number of carbonyl (C=O) groups excluding carboxylic acids is 1. The average Bonchev–Trinajstić information content (AvgIpc) is 3.17. The number of nitrogens with zero attached hydrogens (tertiary/aromatic N) is 2. The molecule has 4 rings (SSSR count). The summed E-state index contributed by atoms with van der Waals surface area (Å²) in [5.74, 6) is -1.84. The fraction of sp³-hybridized carbons (Fsp3) is 0.200. The van der Waals surface area contributed by atoms with Crippen molar-refractivity contribution in [1.29, 1.82) is 0 Å². The molecule has 2 aromatic carbocycles. The molecular weight excluding hydrogens is 404 g/mol. The largest absolute Gasteiger partial charge is 0.378 e. The maximum absolute atomic E-state index is 14.0. The SMILES string of the molecule is O=C(Nc1cc(F)ccc1F)c1c(-c2ccc(Cl)cc2)noc1N1CCOCC1. The second-order valence-electron chi connectivity index (χ2n) is 6.40. The highest BCUT2D eigenvalue weighted by atomic mass is 35.5. The summed E-state index contributed by atoms with van der Waals surface area (Å²) in [6.45, 7) is 1.95. The zero-order valence-corrected chi connectivity index (χ0v) is 15.9. The molecule has 29 heavy (non-hydrogen) atoms. The van der Waals surface area contributed by atoms with Crippen LogP contribution in [-0.2, 0) is 4.74 Å². The maximum Gasteiger partial charge on any atom is 0.263 e. The number of ether oxygens (including phenoxy) is 1. The normalized spacial score (nSPS) is 14.1. The highest BCUT2D eigenvalue weighted by Gasteiger charge is 2.29. The summed E-state index contributed by atoms with van der Waals surface area (Å²) in [4.78, 5) is 14.9. The minimum atomic E-state index is -0.753. The third-order valence-corrected chi connectivity index (χ3v) is 4.75. The molecule has 3 aromatic rings. The average molecular weight is 420 g/mol. The molecule has 2 heterocycles. The van der Waals surface area contributed by atoms with Gasteiger partial charge in [0.05, 0.1) is 18.9 Å². The molecule has 0 aliphatic carbocycles. The number of morpholine rings is 1. The Morgan fingerprint density at radius 2 is 1.83 bits per heavy atom. The number of aromatic nitrogens is 1. The first-order valence-electron chi connectivity index (χ1n) is 8.87. The van der Waals surface area contributed by atoms with E-state index in [0.717, 1.165) is 18.2 Å². The summed E-state index contributed by atoms with van der Waals surface area (Å²) in [5, 5.41) is 7.01. The molecule has 1 fully saturated rings. The van der Waals surface area contributed by atoms with E-state index in [9.17, 15) is 13.6 Å². The molecular formula is C20H16ClF2N3O3. The van der Waals surface area contributed by atoms with Crippen molar-refractivity contribution in [2.24, 2.45) is 0 Å². The van der Waals surface area contributed by atoms with E-state index >= 15 is 0 Å². The topological polar surface area (TPSA) is 67.6 Å². The summed E-state index contributed by atoms with van der Waals surface area (Å²) in [5.41, 5.74) is 0.726. The van der Waals surface area contributed by atoms with Gasteiger partial charge in [0.25, 0.3) is 5.91 Å². The number of benzene rings is 2. The molecule has 0 unspecified atom stereocenters. The molecule has 0 bridgehead atoms. The highest BCUT2D eigenvalue weighted by Crippen LogP contribution is 2.33. The fourth-order valence-corrected chi connectivity index (χ4v) is 3.18. The van der Waals surface area contributed by atoms with Crippen molar-refractivity contribution in [3.05, 3.63) is 64.7 Å². The van der Waals surface area contributed by atoms with E-state index in [4.69, 9.17) is 20.9 Å². The molecule has 0 saturated carbocycles. The number of hydrogen-bond acceptors (Lipinski definition) is 5. The van der Waals surface area contributed by atoms with Gasteiger partial charge in [0.15, 0.2) is 0 Å². The number of hydrogen-bond donors (Lipinski definition) is 1.